The van der Waals surface area contributed by atoms with Gasteiger partial charge in [-0.05, 0) is 44.4 Å². The fraction of sp³-hybridized carbons (Fsp3) is 0.556. The summed E-state index contributed by atoms with van der Waals surface area (Å²) in [5, 5.41) is 0. The smallest absolute Gasteiger partial charge is 0.410 e. The van der Waals surface area contributed by atoms with Crippen LogP contribution in [-0.2, 0) is 27.2 Å². The molecule has 2 heterocycles. The molecule has 0 aromatic heterocycles. The molecule has 0 saturated carbocycles. The number of carbonyl (C=O) groups excluding carboxylic acids is 2. The van der Waals surface area contributed by atoms with Gasteiger partial charge in [0.05, 0.1) is 12.2 Å². The lowest BCUT2D eigenvalue weighted by atomic mass is 9.93. The van der Waals surface area contributed by atoms with Crippen LogP contribution >= 0.6 is 0 Å². The van der Waals surface area contributed by atoms with Crippen molar-refractivity contribution in [1.82, 2.24) is 4.90 Å². The SMILES string of the molecule is COCC1OC(=O)c2cc3c(cc21)CCN(C(=O)OC(C)(C)C)C3. The maximum atomic E-state index is 12.3. The maximum Gasteiger partial charge on any atom is 0.410 e. The topological polar surface area (TPSA) is 65.1 Å². The lowest BCUT2D eigenvalue weighted by Crippen LogP contribution is -2.40. The standard InChI is InChI=1S/C18H23NO5/c1-18(2,3)24-17(21)19-6-5-11-7-13-14(8-12(11)9-19)16(20)23-15(13)10-22-4/h7-8,15H,5-6,9-10H2,1-4H3. The van der Waals surface area contributed by atoms with E-state index in [0.717, 1.165) is 23.1 Å². The molecule has 3 rings (SSSR count). The maximum absolute atomic E-state index is 12.3. The van der Waals surface area contributed by atoms with Gasteiger partial charge in [-0.2, -0.15) is 0 Å². The zero-order valence-corrected chi connectivity index (χ0v) is 14.5. The molecular formula is C18H23NO5. The number of methoxy groups -OCH3 is 1. The number of carbonyl (C=O) groups is 2. The highest BCUT2D eigenvalue weighted by atomic mass is 16.6. The Kier molecular flexibility index (Phi) is 4.25. The summed E-state index contributed by atoms with van der Waals surface area (Å²) in [5.74, 6) is -0.329. The first-order valence-corrected chi connectivity index (χ1v) is 8.12. The molecule has 0 fully saturated rings. The number of rotatable bonds is 2. The molecule has 0 radical (unpaired) electrons. The number of esters is 1. The Hall–Kier alpha value is -2.08. The van der Waals surface area contributed by atoms with Gasteiger partial charge >= 0.3 is 12.1 Å². The number of nitrogens with zero attached hydrogens (tertiary/aromatic N) is 1. The Morgan fingerprint density at radius 1 is 1.33 bits per heavy atom. The molecule has 1 aromatic carbocycles. The number of cyclic esters (lactones) is 1. The van der Waals surface area contributed by atoms with E-state index in [1.54, 1.807) is 12.0 Å². The largest absolute Gasteiger partial charge is 0.451 e. The monoisotopic (exact) mass is 333 g/mol. The van der Waals surface area contributed by atoms with Crippen LogP contribution in [0.3, 0.4) is 0 Å². The van der Waals surface area contributed by atoms with Crippen molar-refractivity contribution in [2.75, 3.05) is 20.3 Å². The van der Waals surface area contributed by atoms with E-state index < -0.39 is 5.60 Å². The molecule has 1 unspecified atom stereocenters. The van der Waals surface area contributed by atoms with Crippen LogP contribution in [-0.4, -0.2) is 42.8 Å². The fourth-order valence-corrected chi connectivity index (χ4v) is 3.09. The third-order valence-electron chi connectivity index (χ3n) is 4.17. The number of hydrogen-bond donors (Lipinski definition) is 0. The van der Waals surface area contributed by atoms with Crippen LogP contribution in [0.2, 0.25) is 0 Å². The van der Waals surface area contributed by atoms with E-state index in [4.69, 9.17) is 14.2 Å². The second kappa shape index (κ2) is 6.09. The van der Waals surface area contributed by atoms with Crippen LogP contribution in [0.1, 0.15) is 53.9 Å². The van der Waals surface area contributed by atoms with Gasteiger partial charge < -0.3 is 19.1 Å². The van der Waals surface area contributed by atoms with Gasteiger partial charge in [0.15, 0.2) is 6.10 Å². The highest BCUT2D eigenvalue weighted by Gasteiger charge is 2.34. The lowest BCUT2D eigenvalue weighted by Gasteiger charge is -2.31. The molecule has 1 atom stereocenters. The summed E-state index contributed by atoms with van der Waals surface area (Å²) in [6.07, 6.45) is 0.0654. The van der Waals surface area contributed by atoms with Crippen molar-refractivity contribution < 1.29 is 23.8 Å². The summed E-state index contributed by atoms with van der Waals surface area (Å²) < 4.78 is 15.9. The van der Waals surface area contributed by atoms with Gasteiger partial charge in [-0.1, -0.05) is 6.07 Å². The predicted octanol–water partition coefficient (Wildman–Crippen LogP) is 2.84. The number of benzene rings is 1. The summed E-state index contributed by atoms with van der Waals surface area (Å²) in [6, 6.07) is 3.87. The molecule has 0 spiro atoms. The minimum Gasteiger partial charge on any atom is -0.451 e. The van der Waals surface area contributed by atoms with Crippen LogP contribution < -0.4 is 0 Å². The molecule has 2 aliphatic heterocycles. The number of hydrogen-bond acceptors (Lipinski definition) is 5. The predicted molar refractivity (Wildman–Crippen MR) is 86.8 cm³/mol. The van der Waals surface area contributed by atoms with Gasteiger partial charge in [0.1, 0.15) is 5.60 Å². The molecular weight excluding hydrogens is 310 g/mol. The Bertz CT molecular complexity index is 677. The molecule has 1 amide bonds. The van der Waals surface area contributed by atoms with E-state index in [-0.39, 0.29) is 18.2 Å². The Balaban J connectivity index is 1.82. The summed E-state index contributed by atoms with van der Waals surface area (Å²) in [6.45, 7) is 6.94. The Labute approximate surface area is 141 Å². The van der Waals surface area contributed by atoms with Crippen LogP contribution in [0.15, 0.2) is 12.1 Å². The second-order valence-electron chi connectivity index (χ2n) is 7.21. The van der Waals surface area contributed by atoms with Crippen molar-refractivity contribution in [3.8, 4) is 0 Å². The second-order valence-corrected chi connectivity index (χ2v) is 7.21. The summed E-state index contributed by atoms with van der Waals surface area (Å²) in [7, 11) is 1.59. The molecule has 6 nitrogen and oxygen atoms in total. The minimum absolute atomic E-state index is 0.325. The number of amides is 1. The summed E-state index contributed by atoms with van der Waals surface area (Å²) >= 11 is 0. The molecule has 0 N–H and O–H groups in total. The van der Waals surface area contributed by atoms with E-state index in [1.165, 1.54) is 0 Å². The molecule has 0 bridgehead atoms. The van der Waals surface area contributed by atoms with Crippen LogP contribution in [0.5, 0.6) is 0 Å². The normalized spacial score (nSPS) is 19.6. The van der Waals surface area contributed by atoms with E-state index in [1.807, 2.05) is 32.9 Å². The molecule has 1 aromatic rings. The zero-order chi connectivity index (χ0) is 17.5. The third kappa shape index (κ3) is 3.24. The van der Waals surface area contributed by atoms with Crippen molar-refractivity contribution in [1.29, 1.82) is 0 Å². The average Bonchev–Trinajstić information content (AvgIpc) is 2.79. The minimum atomic E-state index is -0.521. The summed E-state index contributed by atoms with van der Waals surface area (Å²) in [4.78, 5) is 26.0. The van der Waals surface area contributed by atoms with Gasteiger partial charge in [-0.3, -0.25) is 0 Å². The molecule has 130 valence electrons. The summed E-state index contributed by atoms with van der Waals surface area (Å²) in [5.41, 5.74) is 3.05. The number of fused-ring (bicyclic) bond motifs is 2. The highest BCUT2D eigenvalue weighted by Crippen LogP contribution is 2.35. The molecule has 24 heavy (non-hydrogen) atoms. The highest BCUT2D eigenvalue weighted by molar-refractivity contribution is 5.94. The van der Waals surface area contributed by atoms with Crippen LogP contribution in [0.4, 0.5) is 4.79 Å². The van der Waals surface area contributed by atoms with Crippen LogP contribution in [0, 0.1) is 0 Å². The van der Waals surface area contributed by atoms with Gasteiger partial charge in [-0.15, -0.1) is 0 Å². The quantitative estimate of drug-likeness (QED) is 0.779. The average molecular weight is 333 g/mol. The first-order chi connectivity index (χ1) is 11.3. The van der Waals surface area contributed by atoms with Gasteiger partial charge in [0, 0.05) is 25.8 Å². The number of ether oxygens (including phenoxy) is 3. The van der Waals surface area contributed by atoms with E-state index >= 15 is 0 Å². The molecule has 0 saturated heterocycles. The molecule has 2 aliphatic rings. The zero-order valence-electron chi connectivity index (χ0n) is 14.5. The van der Waals surface area contributed by atoms with Crippen molar-refractivity contribution in [2.24, 2.45) is 0 Å². The Morgan fingerprint density at radius 3 is 2.75 bits per heavy atom. The van der Waals surface area contributed by atoms with Crippen molar-refractivity contribution in [3.05, 3.63) is 34.4 Å². The van der Waals surface area contributed by atoms with E-state index in [2.05, 4.69) is 0 Å². The first kappa shape index (κ1) is 16.8. The van der Waals surface area contributed by atoms with Crippen molar-refractivity contribution in [3.63, 3.8) is 0 Å². The van der Waals surface area contributed by atoms with Gasteiger partial charge in [-0.25, -0.2) is 9.59 Å². The van der Waals surface area contributed by atoms with Gasteiger partial charge in [0.2, 0.25) is 0 Å². The van der Waals surface area contributed by atoms with Gasteiger partial charge in [0.25, 0.3) is 0 Å². The van der Waals surface area contributed by atoms with E-state index in [9.17, 15) is 9.59 Å². The third-order valence-corrected chi connectivity index (χ3v) is 4.17. The molecule has 6 heteroatoms. The first-order valence-electron chi connectivity index (χ1n) is 8.12. The van der Waals surface area contributed by atoms with Crippen molar-refractivity contribution in [2.45, 2.75) is 45.4 Å². The van der Waals surface area contributed by atoms with Crippen molar-refractivity contribution >= 4 is 12.1 Å². The Morgan fingerprint density at radius 2 is 2.08 bits per heavy atom. The van der Waals surface area contributed by atoms with Crippen LogP contribution in [0.25, 0.3) is 0 Å². The van der Waals surface area contributed by atoms with E-state index in [0.29, 0.717) is 25.3 Å². The lowest BCUT2D eigenvalue weighted by molar-refractivity contribution is 0.0151. The fourth-order valence-electron chi connectivity index (χ4n) is 3.09. The molecule has 0 aliphatic carbocycles.